The van der Waals surface area contributed by atoms with Gasteiger partial charge in [0, 0.05) is 18.7 Å². The van der Waals surface area contributed by atoms with Gasteiger partial charge in [0.05, 0.1) is 16.9 Å². The van der Waals surface area contributed by atoms with E-state index in [0.29, 0.717) is 23.3 Å². The average molecular weight is 266 g/mol. The molecule has 5 heteroatoms. The van der Waals surface area contributed by atoms with Gasteiger partial charge in [-0.15, -0.1) is 0 Å². The Morgan fingerprint density at radius 1 is 1.53 bits per heavy atom. The van der Waals surface area contributed by atoms with Crippen LogP contribution in [0.5, 0.6) is 0 Å². The van der Waals surface area contributed by atoms with Crippen molar-refractivity contribution >= 4 is 17.3 Å². The predicted octanol–water partition coefficient (Wildman–Crippen LogP) is 2.73. The maximum absolute atomic E-state index is 13.8. The first-order valence-corrected chi connectivity index (χ1v) is 6.50. The minimum atomic E-state index is -1.29. The van der Waals surface area contributed by atoms with Gasteiger partial charge in [-0.3, -0.25) is 0 Å². The minimum absolute atomic E-state index is 0.325. The Morgan fingerprint density at radius 3 is 2.79 bits per heavy atom. The summed E-state index contributed by atoms with van der Waals surface area (Å²) in [6.07, 6.45) is 2.10. The van der Waals surface area contributed by atoms with E-state index in [-0.39, 0.29) is 5.56 Å². The molecule has 1 aromatic rings. The van der Waals surface area contributed by atoms with Crippen molar-refractivity contribution < 1.29 is 14.3 Å². The monoisotopic (exact) mass is 266 g/mol. The van der Waals surface area contributed by atoms with Crippen molar-refractivity contribution in [3.05, 3.63) is 23.5 Å². The molecule has 2 rings (SSSR count). The fourth-order valence-electron chi connectivity index (χ4n) is 2.78. The lowest BCUT2D eigenvalue weighted by molar-refractivity contribution is 0.0692. The Hall–Kier alpha value is -1.78. The van der Waals surface area contributed by atoms with Crippen LogP contribution in [0.2, 0.25) is 0 Å². The highest BCUT2D eigenvalue weighted by molar-refractivity contribution is 5.91. The topological polar surface area (TPSA) is 66.6 Å². The van der Waals surface area contributed by atoms with Crippen LogP contribution in [-0.4, -0.2) is 23.7 Å². The second-order valence-electron chi connectivity index (χ2n) is 5.34. The minimum Gasteiger partial charge on any atom is -0.478 e. The third kappa shape index (κ3) is 2.50. The van der Waals surface area contributed by atoms with Gasteiger partial charge in [0.25, 0.3) is 0 Å². The van der Waals surface area contributed by atoms with E-state index in [2.05, 4.69) is 18.7 Å². The van der Waals surface area contributed by atoms with Gasteiger partial charge in [-0.2, -0.15) is 0 Å². The molecule has 19 heavy (non-hydrogen) atoms. The normalized spacial score (nSPS) is 19.2. The number of aromatic carboxylic acids is 1. The number of rotatable bonds is 3. The first kappa shape index (κ1) is 13.6. The Balaban J connectivity index is 2.40. The van der Waals surface area contributed by atoms with Crippen LogP contribution in [0, 0.1) is 11.7 Å². The molecule has 4 nitrogen and oxygen atoms in total. The molecule has 0 aromatic heterocycles. The Bertz CT molecular complexity index is 502. The number of carboxylic acid groups (broad SMARTS) is 1. The average Bonchev–Trinajstić information content (AvgIpc) is 2.80. The van der Waals surface area contributed by atoms with E-state index in [1.54, 1.807) is 0 Å². The van der Waals surface area contributed by atoms with Gasteiger partial charge in [-0.05, 0) is 24.8 Å². The van der Waals surface area contributed by atoms with Crippen molar-refractivity contribution in [2.24, 2.45) is 5.92 Å². The van der Waals surface area contributed by atoms with Crippen molar-refractivity contribution in [1.82, 2.24) is 0 Å². The summed E-state index contributed by atoms with van der Waals surface area (Å²) in [4.78, 5) is 13.0. The molecule has 0 amide bonds. The number of carbonyl (C=O) groups is 1. The number of benzene rings is 1. The van der Waals surface area contributed by atoms with Crippen LogP contribution in [0.3, 0.4) is 0 Å². The van der Waals surface area contributed by atoms with Gasteiger partial charge in [-0.1, -0.05) is 13.8 Å². The first-order chi connectivity index (χ1) is 8.91. The molecule has 1 aliphatic heterocycles. The first-order valence-electron chi connectivity index (χ1n) is 6.50. The number of nitrogens with zero attached hydrogens (tertiary/aromatic N) is 1. The van der Waals surface area contributed by atoms with Crippen molar-refractivity contribution in [3.8, 4) is 0 Å². The van der Waals surface area contributed by atoms with Crippen LogP contribution in [0.1, 0.15) is 37.0 Å². The Morgan fingerprint density at radius 2 is 2.21 bits per heavy atom. The molecule has 1 saturated heterocycles. The molecule has 0 radical (unpaired) electrons. The molecular formula is C14H19FN2O2. The molecule has 1 atom stereocenters. The number of hydrogen-bond acceptors (Lipinski definition) is 3. The van der Waals surface area contributed by atoms with E-state index >= 15 is 0 Å². The molecule has 1 aliphatic rings. The summed E-state index contributed by atoms with van der Waals surface area (Å²) in [6.45, 7) is 5.08. The summed E-state index contributed by atoms with van der Waals surface area (Å²) in [5, 5.41) is 8.88. The number of nitrogens with two attached hydrogens (primary N) is 1. The number of nitrogen functional groups attached to an aromatic ring is 1. The number of halogens is 1. The highest BCUT2D eigenvalue weighted by Gasteiger charge is 2.29. The lowest BCUT2D eigenvalue weighted by Gasteiger charge is -2.30. The molecular weight excluding hydrogens is 247 g/mol. The fraction of sp³-hybridized carbons (Fsp3) is 0.500. The van der Waals surface area contributed by atoms with E-state index in [9.17, 15) is 9.18 Å². The van der Waals surface area contributed by atoms with Crippen molar-refractivity contribution in [3.63, 3.8) is 0 Å². The van der Waals surface area contributed by atoms with Crippen LogP contribution in [0.25, 0.3) is 0 Å². The highest BCUT2D eigenvalue weighted by Crippen LogP contribution is 2.34. The quantitative estimate of drug-likeness (QED) is 0.825. The van der Waals surface area contributed by atoms with Crippen LogP contribution in [0.15, 0.2) is 12.1 Å². The van der Waals surface area contributed by atoms with Crippen molar-refractivity contribution in [2.75, 3.05) is 17.2 Å². The summed E-state index contributed by atoms with van der Waals surface area (Å²) in [5.74, 6) is -1.58. The second kappa shape index (κ2) is 5.07. The van der Waals surface area contributed by atoms with E-state index in [0.717, 1.165) is 19.4 Å². The molecule has 3 N–H and O–H groups in total. The number of anilines is 2. The third-order valence-corrected chi connectivity index (χ3v) is 3.72. The summed E-state index contributed by atoms with van der Waals surface area (Å²) >= 11 is 0. The van der Waals surface area contributed by atoms with Gasteiger partial charge in [0.15, 0.2) is 0 Å². The van der Waals surface area contributed by atoms with Crippen LogP contribution >= 0.6 is 0 Å². The standard InChI is InChI=1S/C14H19FN2O2/c1-8(2)12-4-3-5-17(12)13-7-10(15)9(14(18)19)6-11(13)16/h6-8,12H,3-5,16H2,1-2H3,(H,18,19). The van der Waals surface area contributed by atoms with E-state index in [1.165, 1.54) is 12.1 Å². The zero-order chi connectivity index (χ0) is 14.2. The molecule has 0 bridgehead atoms. The fourth-order valence-corrected chi connectivity index (χ4v) is 2.78. The molecule has 1 heterocycles. The summed E-state index contributed by atoms with van der Waals surface area (Å²) in [6, 6.07) is 2.79. The second-order valence-corrected chi connectivity index (χ2v) is 5.34. The maximum Gasteiger partial charge on any atom is 0.338 e. The Labute approximate surface area is 112 Å². The van der Waals surface area contributed by atoms with Gasteiger partial charge in [0.1, 0.15) is 5.82 Å². The third-order valence-electron chi connectivity index (χ3n) is 3.72. The van der Waals surface area contributed by atoms with Crippen LogP contribution in [-0.2, 0) is 0 Å². The van der Waals surface area contributed by atoms with Gasteiger partial charge >= 0.3 is 5.97 Å². The zero-order valence-corrected chi connectivity index (χ0v) is 11.2. The van der Waals surface area contributed by atoms with Gasteiger partial charge in [-0.25, -0.2) is 9.18 Å². The predicted molar refractivity (Wildman–Crippen MR) is 73.0 cm³/mol. The molecule has 0 spiro atoms. The van der Waals surface area contributed by atoms with Crippen LogP contribution < -0.4 is 10.6 Å². The Kier molecular flexibility index (Phi) is 3.64. The van der Waals surface area contributed by atoms with Gasteiger partial charge < -0.3 is 15.7 Å². The molecule has 1 unspecified atom stereocenters. The SMILES string of the molecule is CC(C)C1CCCN1c1cc(F)c(C(=O)O)cc1N. The van der Waals surface area contributed by atoms with E-state index in [1.807, 2.05) is 0 Å². The number of carboxylic acids is 1. The highest BCUT2D eigenvalue weighted by atomic mass is 19.1. The maximum atomic E-state index is 13.8. The smallest absolute Gasteiger partial charge is 0.338 e. The molecule has 1 fully saturated rings. The zero-order valence-electron chi connectivity index (χ0n) is 11.2. The summed E-state index contributed by atoms with van der Waals surface area (Å²) in [5.41, 5.74) is 6.46. The molecule has 104 valence electrons. The molecule has 0 saturated carbocycles. The van der Waals surface area contributed by atoms with Crippen LogP contribution in [0.4, 0.5) is 15.8 Å². The van der Waals surface area contributed by atoms with E-state index in [4.69, 9.17) is 10.8 Å². The van der Waals surface area contributed by atoms with Crippen molar-refractivity contribution in [1.29, 1.82) is 0 Å². The molecule has 1 aromatic carbocycles. The summed E-state index contributed by atoms with van der Waals surface area (Å²) in [7, 11) is 0. The van der Waals surface area contributed by atoms with E-state index < -0.39 is 11.8 Å². The largest absolute Gasteiger partial charge is 0.478 e. The van der Waals surface area contributed by atoms with Gasteiger partial charge in [0.2, 0.25) is 0 Å². The van der Waals surface area contributed by atoms with Crippen molar-refractivity contribution in [2.45, 2.75) is 32.7 Å². The lowest BCUT2D eigenvalue weighted by Crippen LogP contribution is -2.34. The summed E-state index contributed by atoms with van der Waals surface area (Å²) < 4.78 is 13.8. The lowest BCUT2D eigenvalue weighted by atomic mass is 10.0. The number of hydrogen-bond donors (Lipinski definition) is 2. The molecule has 0 aliphatic carbocycles.